The summed E-state index contributed by atoms with van der Waals surface area (Å²) in [6, 6.07) is 7.98. The number of hydrogen-bond donors (Lipinski definition) is 1. The lowest BCUT2D eigenvalue weighted by atomic mass is 9.72. The van der Waals surface area contributed by atoms with E-state index < -0.39 is 11.4 Å². The van der Waals surface area contributed by atoms with Crippen LogP contribution in [0.1, 0.15) is 44.7 Å². The minimum absolute atomic E-state index is 0.108. The van der Waals surface area contributed by atoms with Crippen LogP contribution in [0, 0.1) is 6.92 Å². The van der Waals surface area contributed by atoms with Gasteiger partial charge in [-0.1, -0.05) is 29.8 Å². The second kappa shape index (κ2) is 5.21. The van der Waals surface area contributed by atoms with Crippen molar-refractivity contribution in [3.05, 3.63) is 35.4 Å². The van der Waals surface area contributed by atoms with Gasteiger partial charge in [-0.2, -0.15) is 0 Å². The van der Waals surface area contributed by atoms with Gasteiger partial charge in [-0.3, -0.25) is 9.69 Å². The molecule has 1 heterocycles. The van der Waals surface area contributed by atoms with Crippen molar-refractivity contribution in [2.75, 3.05) is 13.1 Å². The first-order valence-electron chi connectivity index (χ1n) is 7.31. The zero-order valence-electron chi connectivity index (χ0n) is 12.9. The van der Waals surface area contributed by atoms with Gasteiger partial charge in [-0.05, 0) is 46.1 Å². The maximum absolute atomic E-state index is 11.9. The number of rotatable bonds is 2. The molecule has 20 heavy (non-hydrogen) atoms. The molecule has 2 rings (SSSR count). The van der Waals surface area contributed by atoms with E-state index in [1.807, 2.05) is 31.2 Å². The number of aryl methyl sites for hydroxylation is 1. The van der Waals surface area contributed by atoms with E-state index in [0.29, 0.717) is 12.8 Å². The summed E-state index contributed by atoms with van der Waals surface area (Å²) in [6.45, 7) is 10.3. The van der Waals surface area contributed by atoms with Crippen LogP contribution in [0.3, 0.4) is 0 Å². The average molecular weight is 275 g/mol. The molecule has 1 fully saturated rings. The van der Waals surface area contributed by atoms with Crippen LogP contribution in [-0.4, -0.2) is 34.6 Å². The van der Waals surface area contributed by atoms with E-state index in [4.69, 9.17) is 0 Å². The third-order valence-electron chi connectivity index (χ3n) is 4.55. The Morgan fingerprint density at radius 1 is 1.25 bits per heavy atom. The number of carboxylic acids is 1. The molecule has 1 aliphatic heterocycles. The Balaban J connectivity index is 2.29. The topological polar surface area (TPSA) is 40.5 Å². The van der Waals surface area contributed by atoms with Gasteiger partial charge in [-0.25, -0.2) is 0 Å². The zero-order chi connectivity index (χ0) is 15.0. The minimum Gasteiger partial charge on any atom is -0.481 e. The van der Waals surface area contributed by atoms with Crippen molar-refractivity contribution < 1.29 is 9.90 Å². The van der Waals surface area contributed by atoms with Crippen LogP contribution in [0.15, 0.2) is 24.3 Å². The van der Waals surface area contributed by atoms with Crippen LogP contribution in [0.5, 0.6) is 0 Å². The summed E-state index contributed by atoms with van der Waals surface area (Å²) in [7, 11) is 0. The van der Waals surface area contributed by atoms with E-state index in [-0.39, 0.29) is 5.54 Å². The number of aliphatic carboxylic acids is 1. The minimum atomic E-state index is -0.715. The number of carboxylic acid groups (broad SMARTS) is 1. The van der Waals surface area contributed by atoms with Gasteiger partial charge in [0.05, 0.1) is 5.41 Å². The monoisotopic (exact) mass is 275 g/mol. The predicted molar refractivity (Wildman–Crippen MR) is 81.1 cm³/mol. The molecule has 110 valence electrons. The van der Waals surface area contributed by atoms with Gasteiger partial charge in [0.15, 0.2) is 0 Å². The number of carbonyl (C=O) groups is 1. The van der Waals surface area contributed by atoms with E-state index in [9.17, 15) is 9.90 Å². The molecule has 0 unspecified atom stereocenters. The fourth-order valence-electron chi connectivity index (χ4n) is 3.13. The quantitative estimate of drug-likeness (QED) is 0.901. The molecule has 0 aliphatic carbocycles. The highest BCUT2D eigenvalue weighted by Gasteiger charge is 2.44. The van der Waals surface area contributed by atoms with E-state index in [2.05, 4.69) is 25.7 Å². The molecule has 3 heteroatoms. The summed E-state index contributed by atoms with van der Waals surface area (Å²) in [5.41, 5.74) is 1.48. The standard InChI is InChI=1S/C17H25NO2/c1-13-6-5-7-14(12-13)17(15(19)20)8-10-18(11-9-17)16(2,3)4/h5-7,12H,8-11H2,1-4H3,(H,19,20). The molecule has 0 aromatic heterocycles. The molecule has 3 nitrogen and oxygen atoms in total. The zero-order valence-corrected chi connectivity index (χ0v) is 12.9. The Labute approximate surface area is 121 Å². The maximum atomic E-state index is 11.9. The summed E-state index contributed by atoms with van der Waals surface area (Å²) in [4.78, 5) is 14.3. The second-order valence-electron chi connectivity index (χ2n) is 6.91. The fourth-order valence-corrected chi connectivity index (χ4v) is 3.13. The van der Waals surface area contributed by atoms with Gasteiger partial charge in [0.1, 0.15) is 0 Å². The molecule has 0 radical (unpaired) electrons. The lowest BCUT2D eigenvalue weighted by Gasteiger charge is -2.45. The summed E-state index contributed by atoms with van der Waals surface area (Å²) in [5, 5.41) is 9.80. The van der Waals surface area contributed by atoms with Crippen molar-refractivity contribution in [2.45, 2.75) is 51.5 Å². The van der Waals surface area contributed by atoms with Crippen molar-refractivity contribution in [1.82, 2.24) is 4.90 Å². The van der Waals surface area contributed by atoms with Crippen molar-refractivity contribution in [1.29, 1.82) is 0 Å². The molecule has 0 atom stereocenters. The van der Waals surface area contributed by atoms with Crippen LogP contribution < -0.4 is 0 Å². The second-order valence-corrected chi connectivity index (χ2v) is 6.91. The smallest absolute Gasteiger partial charge is 0.314 e. The van der Waals surface area contributed by atoms with Gasteiger partial charge in [0, 0.05) is 18.6 Å². The molecule has 1 aliphatic rings. The third-order valence-corrected chi connectivity index (χ3v) is 4.55. The summed E-state index contributed by atoms with van der Waals surface area (Å²) in [5.74, 6) is -0.684. The first-order chi connectivity index (χ1) is 9.25. The number of nitrogens with zero attached hydrogens (tertiary/aromatic N) is 1. The number of hydrogen-bond acceptors (Lipinski definition) is 2. The molecule has 1 aromatic carbocycles. The van der Waals surface area contributed by atoms with Crippen LogP contribution in [0.2, 0.25) is 0 Å². The first kappa shape index (κ1) is 15.0. The SMILES string of the molecule is Cc1cccc(C2(C(=O)O)CCN(C(C)(C)C)CC2)c1. The van der Waals surface area contributed by atoms with Gasteiger partial charge >= 0.3 is 5.97 Å². The Kier molecular flexibility index (Phi) is 3.92. The molecule has 0 spiro atoms. The molecular formula is C17H25NO2. The Morgan fingerprint density at radius 2 is 1.85 bits per heavy atom. The van der Waals surface area contributed by atoms with Crippen molar-refractivity contribution in [3.63, 3.8) is 0 Å². The predicted octanol–water partition coefficient (Wildman–Crippen LogP) is 3.21. The summed E-state index contributed by atoms with van der Waals surface area (Å²) >= 11 is 0. The fraction of sp³-hybridized carbons (Fsp3) is 0.588. The van der Waals surface area contributed by atoms with Gasteiger partial charge < -0.3 is 5.11 Å². The lowest BCUT2D eigenvalue weighted by Crippen LogP contribution is -2.52. The van der Waals surface area contributed by atoms with Crippen LogP contribution in [0.25, 0.3) is 0 Å². The summed E-state index contributed by atoms with van der Waals surface area (Å²) in [6.07, 6.45) is 1.37. The molecular weight excluding hydrogens is 250 g/mol. The van der Waals surface area contributed by atoms with Crippen molar-refractivity contribution in [2.24, 2.45) is 0 Å². The van der Waals surface area contributed by atoms with Gasteiger partial charge in [0.25, 0.3) is 0 Å². The van der Waals surface area contributed by atoms with Gasteiger partial charge in [0.2, 0.25) is 0 Å². The largest absolute Gasteiger partial charge is 0.481 e. The van der Waals surface area contributed by atoms with Crippen LogP contribution >= 0.6 is 0 Å². The molecule has 1 aromatic rings. The van der Waals surface area contributed by atoms with E-state index in [1.54, 1.807) is 0 Å². The third kappa shape index (κ3) is 2.73. The Bertz CT molecular complexity index is 494. The highest BCUT2D eigenvalue weighted by Crippen LogP contribution is 2.38. The lowest BCUT2D eigenvalue weighted by molar-refractivity contribution is -0.146. The highest BCUT2D eigenvalue weighted by atomic mass is 16.4. The van der Waals surface area contributed by atoms with Gasteiger partial charge in [-0.15, -0.1) is 0 Å². The number of benzene rings is 1. The molecule has 0 saturated carbocycles. The number of piperidine rings is 1. The van der Waals surface area contributed by atoms with Crippen molar-refractivity contribution >= 4 is 5.97 Å². The molecule has 1 saturated heterocycles. The average Bonchev–Trinajstić information content (AvgIpc) is 2.37. The van der Waals surface area contributed by atoms with E-state index in [1.165, 1.54) is 0 Å². The van der Waals surface area contributed by atoms with Crippen molar-refractivity contribution in [3.8, 4) is 0 Å². The van der Waals surface area contributed by atoms with Crippen LogP contribution in [-0.2, 0) is 10.2 Å². The highest BCUT2D eigenvalue weighted by molar-refractivity contribution is 5.81. The summed E-state index contributed by atoms with van der Waals surface area (Å²) < 4.78 is 0. The van der Waals surface area contributed by atoms with E-state index in [0.717, 1.165) is 24.2 Å². The normalized spacial score (nSPS) is 19.8. The molecule has 1 N–H and O–H groups in total. The van der Waals surface area contributed by atoms with Crippen LogP contribution in [0.4, 0.5) is 0 Å². The first-order valence-corrected chi connectivity index (χ1v) is 7.31. The maximum Gasteiger partial charge on any atom is 0.314 e. The molecule has 0 bridgehead atoms. The van der Waals surface area contributed by atoms with E-state index >= 15 is 0 Å². The number of likely N-dealkylation sites (tertiary alicyclic amines) is 1. The Morgan fingerprint density at radius 3 is 2.30 bits per heavy atom. The Hall–Kier alpha value is -1.35. The molecule has 0 amide bonds.